The highest BCUT2D eigenvalue weighted by Gasteiger charge is 2.46. The number of benzene rings is 1. The molecule has 0 N–H and O–H groups in total. The number of carbonyl (C=O) groups is 2. The third kappa shape index (κ3) is 4.65. The number of likely N-dealkylation sites (tertiary alicyclic amines) is 1. The molecule has 2 aliphatic heterocycles. The molecule has 0 aliphatic carbocycles. The van der Waals surface area contributed by atoms with Gasteiger partial charge < -0.3 is 14.5 Å². The number of piperidine rings is 1. The number of anilines is 1. The highest BCUT2D eigenvalue weighted by atomic mass is 79.9. The number of nitrogens with zero attached hydrogens (tertiary/aromatic N) is 2. The van der Waals surface area contributed by atoms with Gasteiger partial charge in [0.1, 0.15) is 5.60 Å². The predicted molar refractivity (Wildman–Crippen MR) is 112 cm³/mol. The number of fused-ring (bicyclic) bond motifs is 2. The van der Waals surface area contributed by atoms with E-state index in [9.17, 15) is 9.59 Å². The summed E-state index contributed by atoms with van der Waals surface area (Å²) in [6.07, 6.45) is 1.41. The minimum Gasteiger partial charge on any atom is -0.444 e. The number of halogens is 1. The lowest BCUT2D eigenvalue weighted by molar-refractivity contribution is -0.116. The molecule has 1 spiro atoms. The molecule has 1 aromatic rings. The fourth-order valence-electron chi connectivity index (χ4n) is 3.79. The zero-order chi connectivity index (χ0) is 20.4. The number of amides is 2. The molecule has 5 nitrogen and oxygen atoms in total. The number of ether oxygens (including phenoxy) is 1. The number of hydrogen-bond donors (Lipinski definition) is 0. The molecule has 1 fully saturated rings. The summed E-state index contributed by atoms with van der Waals surface area (Å²) >= 11 is 3.55. The molecule has 0 aromatic heterocycles. The molecule has 0 unspecified atom stereocenters. The van der Waals surface area contributed by atoms with Crippen LogP contribution < -0.4 is 4.90 Å². The van der Waals surface area contributed by atoms with Crippen molar-refractivity contribution in [1.82, 2.24) is 4.90 Å². The lowest BCUT2D eigenvalue weighted by Crippen LogP contribution is -2.48. The summed E-state index contributed by atoms with van der Waals surface area (Å²) in [5.41, 5.74) is 1.65. The molecule has 6 heteroatoms. The van der Waals surface area contributed by atoms with E-state index in [-0.39, 0.29) is 17.4 Å². The first-order chi connectivity index (χ1) is 12.6. The van der Waals surface area contributed by atoms with E-state index < -0.39 is 5.60 Å². The number of hydrogen-bond acceptors (Lipinski definition) is 3. The molecule has 0 bridgehead atoms. The van der Waals surface area contributed by atoms with E-state index in [1.807, 2.05) is 51.7 Å². The van der Waals surface area contributed by atoms with Crippen molar-refractivity contribution < 1.29 is 14.3 Å². The van der Waals surface area contributed by atoms with Gasteiger partial charge in [-0.05, 0) is 57.4 Å². The molecule has 2 amide bonds. The van der Waals surface area contributed by atoms with Crippen LogP contribution in [0.5, 0.6) is 0 Å². The first kappa shape index (κ1) is 21.7. The van der Waals surface area contributed by atoms with Gasteiger partial charge in [0.15, 0.2) is 0 Å². The van der Waals surface area contributed by atoms with Crippen molar-refractivity contribution >= 4 is 33.6 Å². The third-order valence-corrected chi connectivity index (χ3v) is 5.53. The minimum absolute atomic E-state index is 0.0648. The maximum absolute atomic E-state index is 12.3. The van der Waals surface area contributed by atoms with Gasteiger partial charge in [-0.25, -0.2) is 4.79 Å². The van der Waals surface area contributed by atoms with Crippen LogP contribution in [0.2, 0.25) is 0 Å². The maximum Gasteiger partial charge on any atom is 0.410 e. The Labute approximate surface area is 171 Å². The van der Waals surface area contributed by atoms with Crippen LogP contribution in [-0.2, 0) is 14.9 Å². The van der Waals surface area contributed by atoms with Crippen LogP contribution in [0.15, 0.2) is 22.7 Å². The second kappa shape index (κ2) is 8.21. The van der Waals surface area contributed by atoms with Gasteiger partial charge in [-0.15, -0.1) is 0 Å². The van der Waals surface area contributed by atoms with Gasteiger partial charge >= 0.3 is 6.09 Å². The van der Waals surface area contributed by atoms with Crippen LogP contribution >= 0.6 is 15.9 Å². The zero-order valence-corrected chi connectivity index (χ0v) is 18.9. The molecule has 2 heterocycles. The van der Waals surface area contributed by atoms with Crippen molar-refractivity contribution in [2.45, 2.75) is 65.4 Å². The topological polar surface area (TPSA) is 49.9 Å². The number of rotatable bonds is 0. The molecule has 1 saturated heterocycles. The minimum atomic E-state index is -0.484. The summed E-state index contributed by atoms with van der Waals surface area (Å²) in [6, 6.07) is 6.11. The van der Waals surface area contributed by atoms with E-state index in [0.717, 1.165) is 23.0 Å². The van der Waals surface area contributed by atoms with Crippen LogP contribution in [0.1, 0.15) is 59.9 Å². The molecular weight excluding hydrogens is 408 g/mol. The van der Waals surface area contributed by atoms with Crippen LogP contribution in [0, 0.1) is 0 Å². The third-order valence-electron chi connectivity index (χ3n) is 5.03. The van der Waals surface area contributed by atoms with E-state index >= 15 is 0 Å². The Morgan fingerprint density at radius 2 is 1.74 bits per heavy atom. The second-order valence-corrected chi connectivity index (χ2v) is 8.93. The summed E-state index contributed by atoms with van der Waals surface area (Å²) in [7, 11) is 0. The molecular formula is C21H31BrN2O3. The molecule has 3 rings (SSSR count). The highest BCUT2D eigenvalue weighted by Crippen LogP contribution is 2.48. The first-order valence-corrected chi connectivity index (χ1v) is 10.5. The van der Waals surface area contributed by atoms with E-state index in [1.165, 1.54) is 5.56 Å². The summed E-state index contributed by atoms with van der Waals surface area (Å²) in [5.74, 6) is 0.0648. The summed E-state index contributed by atoms with van der Waals surface area (Å²) in [4.78, 5) is 28.0. The quantitative estimate of drug-likeness (QED) is 0.565. The van der Waals surface area contributed by atoms with Gasteiger partial charge in [0.05, 0.1) is 0 Å². The van der Waals surface area contributed by atoms with Crippen LogP contribution in [0.4, 0.5) is 10.5 Å². The van der Waals surface area contributed by atoms with Gasteiger partial charge in [0.25, 0.3) is 0 Å². The molecule has 27 heavy (non-hydrogen) atoms. The Hall–Kier alpha value is -1.56. The SMILES string of the molecule is CC.CC(=O)N1CC2(CCN(C(=O)OC(C)(C)C)CC2)c2cc(Br)ccc21. The van der Waals surface area contributed by atoms with Gasteiger partial charge in [0, 0.05) is 42.1 Å². The monoisotopic (exact) mass is 438 g/mol. The summed E-state index contributed by atoms with van der Waals surface area (Å²) in [5, 5.41) is 0. The normalized spacial score (nSPS) is 17.9. The number of carbonyl (C=O) groups excluding carboxylic acids is 2. The van der Waals surface area contributed by atoms with Gasteiger partial charge in [-0.1, -0.05) is 29.8 Å². The van der Waals surface area contributed by atoms with Crippen molar-refractivity contribution in [2.75, 3.05) is 24.5 Å². The average molecular weight is 439 g/mol. The van der Waals surface area contributed by atoms with Crippen molar-refractivity contribution in [3.63, 3.8) is 0 Å². The van der Waals surface area contributed by atoms with Crippen molar-refractivity contribution in [3.8, 4) is 0 Å². The van der Waals surface area contributed by atoms with Gasteiger partial charge in [-0.2, -0.15) is 0 Å². The standard InChI is InChI=1S/C19H25BrN2O3.C2H6/c1-13(23)22-12-19(15-11-14(20)5-6-16(15)22)7-9-21(10-8-19)17(24)25-18(2,3)4;1-2/h5-6,11H,7-10,12H2,1-4H3;1-2H3. The molecule has 0 radical (unpaired) electrons. The molecule has 0 atom stereocenters. The van der Waals surface area contributed by atoms with Crippen LogP contribution in [0.25, 0.3) is 0 Å². The molecule has 0 saturated carbocycles. The Kier molecular flexibility index (Phi) is 6.61. The summed E-state index contributed by atoms with van der Waals surface area (Å²) in [6.45, 7) is 13.2. The van der Waals surface area contributed by atoms with Crippen LogP contribution in [-0.4, -0.2) is 42.1 Å². The Balaban J connectivity index is 0.00000126. The second-order valence-electron chi connectivity index (χ2n) is 8.01. The predicted octanol–water partition coefficient (Wildman–Crippen LogP) is 5.11. The Morgan fingerprint density at radius 1 is 1.15 bits per heavy atom. The molecule has 1 aromatic carbocycles. The maximum atomic E-state index is 12.3. The fraction of sp³-hybridized carbons (Fsp3) is 0.619. The van der Waals surface area contributed by atoms with E-state index in [4.69, 9.17) is 4.74 Å². The fourth-order valence-corrected chi connectivity index (χ4v) is 4.15. The highest BCUT2D eigenvalue weighted by molar-refractivity contribution is 9.10. The molecule has 2 aliphatic rings. The van der Waals surface area contributed by atoms with Gasteiger partial charge in [0.2, 0.25) is 5.91 Å². The van der Waals surface area contributed by atoms with Crippen molar-refractivity contribution in [1.29, 1.82) is 0 Å². The molecule has 150 valence electrons. The van der Waals surface area contributed by atoms with Crippen LogP contribution in [0.3, 0.4) is 0 Å². The lowest BCUT2D eigenvalue weighted by Gasteiger charge is -2.40. The Bertz CT molecular complexity index is 704. The summed E-state index contributed by atoms with van der Waals surface area (Å²) < 4.78 is 6.51. The first-order valence-electron chi connectivity index (χ1n) is 9.67. The van der Waals surface area contributed by atoms with E-state index in [2.05, 4.69) is 22.0 Å². The van der Waals surface area contributed by atoms with Crippen molar-refractivity contribution in [3.05, 3.63) is 28.2 Å². The largest absolute Gasteiger partial charge is 0.444 e. The van der Waals surface area contributed by atoms with E-state index in [1.54, 1.807) is 11.8 Å². The van der Waals surface area contributed by atoms with Gasteiger partial charge in [-0.3, -0.25) is 4.79 Å². The average Bonchev–Trinajstić information content (AvgIpc) is 2.90. The van der Waals surface area contributed by atoms with E-state index in [0.29, 0.717) is 19.6 Å². The van der Waals surface area contributed by atoms with Crippen molar-refractivity contribution in [2.24, 2.45) is 0 Å². The smallest absolute Gasteiger partial charge is 0.410 e. The Morgan fingerprint density at radius 3 is 2.26 bits per heavy atom. The zero-order valence-electron chi connectivity index (χ0n) is 17.3. The lowest BCUT2D eigenvalue weighted by atomic mass is 9.74.